The zero-order valence-corrected chi connectivity index (χ0v) is 14.7. The van der Waals surface area contributed by atoms with Gasteiger partial charge in [0, 0.05) is 29.7 Å². The summed E-state index contributed by atoms with van der Waals surface area (Å²) in [6, 6.07) is 10.0. The lowest BCUT2D eigenvalue weighted by Crippen LogP contribution is -2.38. The van der Waals surface area contributed by atoms with Crippen LogP contribution >= 0.6 is 0 Å². The molecule has 1 fully saturated rings. The van der Waals surface area contributed by atoms with Crippen LogP contribution in [0.15, 0.2) is 48.8 Å². The highest BCUT2D eigenvalue weighted by molar-refractivity contribution is 6.04. The number of aliphatic carboxylic acids is 1. The van der Waals surface area contributed by atoms with Crippen molar-refractivity contribution in [2.24, 2.45) is 5.92 Å². The van der Waals surface area contributed by atoms with E-state index in [9.17, 15) is 14.4 Å². The van der Waals surface area contributed by atoms with Gasteiger partial charge in [-0.3, -0.25) is 19.4 Å². The minimum absolute atomic E-state index is 0.0262. The van der Waals surface area contributed by atoms with E-state index in [2.05, 4.69) is 15.6 Å². The minimum atomic E-state index is -0.767. The highest BCUT2D eigenvalue weighted by Crippen LogP contribution is 2.24. The van der Waals surface area contributed by atoms with Crippen molar-refractivity contribution in [2.45, 2.75) is 31.7 Å². The average Bonchev–Trinajstić information content (AvgIpc) is 2.69. The molecule has 0 bridgehead atoms. The summed E-state index contributed by atoms with van der Waals surface area (Å²) in [6.45, 7) is 0. The molecule has 1 aromatic heterocycles. The van der Waals surface area contributed by atoms with Crippen LogP contribution < -0.4 is 10.6 Å². The fraction of sp³-hybridized carbons (Fsp3) is 0.300. The van der Waals surface area contributed by atoms with Crippen LogP contribution in [0, 0.1) is 5.92 Å². The van der Waals surface area contributed by atoms with Crippen molar-refractivity contribution in [3.8, 4) is 0 Å². The molecule has 3 N–H and O–H groups in total. The van der Waals surface area contributed by atoms with Gasteiger partial charge < -0.3 is 15.7 Å². The quantitative estimate of drug-likeness (QED) is 0.753. The summed E-state index contributed by atoms with van der Waals surface area (Å²) >= 11 is 0. The van der Waals surface area contributed by atoms with E-state index in [-0.39, 0.29) is 23.8 Å². The first-order chi connectivity index (χ1) is 13.0. The fourth-order valence-corrected chi connectivity index (χ4v) is 3.19. The van der Waals surface area contributed by atoms with Crippen LogP contribution in [0.4, 0.5) is 5.69 Å². The van der Waals surface area contributed by atoms with Crippen LogP contribution in [0.5, 0.6) is 0 Å². The number of benzene rings is 1. The molecule has 1 aliphatic rings. The smallest absolute Gasteiger partial charge is 0.306 e. The van der Waals surface area contributed by atoms with Gasteiger partial charge in [-0.2, -0.15) is 0 Å². The second-order valence-corrected chi connectivity index (χ2v) is 6.64. The number of carbonyl (C=O) groups is 3. The highest BCUT2D eigenvalue weighted by Gasteiger charge is 2.26. The van der Waals surface area contributed by atoms with Crippen molar-refractivity contribution in [3.63, 3.8) is 0 Å². The summed E-state index contributed by atoms with van der Waals surface area (Å²) in [5.74, 6) is -1.61. The van der Waals surface area contributed by atoms with Crippen LogP contribution in [0.25, 0.3) is 0 Å². The molecular weight excluding hydrogens is 346 g/mol. The van der Waals surface area contributed by atoms with Gasteiger partial charge in [-0.1, -0.05) is 6.07 Å². The first-order valence-electron chi connectivity index (χ1n) is 8.88. The Bertz CT molecular complexity index is 830. The standard InChI is InChI=1S/C20H21N3O4/c24-18(22-16-8-6-13(7-9-16)20(26)27)14-3-1-5-17(11-14)23-19(25)15-4-2-10-21-12-15/h1-5,10-13,16H,6-9H2,(H,22,24)(H,23,25)(H,26,27). The number of nitrogens with zero attached hydrogens (tertiary/aromatic N) is 1. The first kappa shape index (κ1) is 18.6. The maximum absolute atomic E-state index is 12.5. The van der Waals surface area contributed by atoms with Crippen molar-refractivity contribution in [2.75, 3.05) is 5.32 Å². The predicted octanol–water partition coefficient (Wildman–Crippen LogP) is 2.71. The van der Waals surface area contributed by atoms with Crippen LogP contribution in [0.2, 0.25) is 0 Å². The van der Waals surface area contributed by atoms with Gasteiger partial charge >= 0.3 is 5.97 Å². The summed E-state index contributed by atoms with van der Waals surface area (Å²) in [5.41, 5.74) is 1.40. The number of pyridine rings is 1. The number of amides is 2. The van der Waals surface area contributed by atoms with Crippen LogP contribution in [0.1, 0.15) is 46.4 Å². The molecule has 0 unspecified atom stereocenters. The third kappa shape index (κ3) is 4.91. The van der Waals surface area contributed by atoms with Crippen molar-refractivity contribution in [1.82, 2.24) is 10.3 Å². The van der Waals surface area contributed by atoms with Gasteiger partial charge in [0.25, 0.3) is 11.8 Å². The van der Waals surface area contributed by atoms with Gasteiger partial charge in [-0.05, 0) is 56.0 Å². The number of hydrogen-bond donors (Lipinski definition) is 3. The maximum Gasteiger partial charge on any atom is 0.306 e. The summed E-state index contributed by atoms with van der Waals surface area (Å²) in [4.78, 5) is 39.6. The van der Waals surface area contributed by atoms with Crippen molar-refractivity contribution in [3.05, 3.63) is 59.9 Å². The van der Waals surface area contributed by atoms with Gasteiger partial charge in [-0.15, -0.1) is 0 Å². The zero-order chi connectivity index (χ0) is 19.2. The Kier molecular flexibility index (Phi) is 5.80. The molecule has 140 valence electrons. The third-order valence-corrected chi connectivity index (χ3v) is 4.72. The highest BCUT2D eigenvalue weighted by atomic mass is 16.4. The minimum Gasteiger partial charge on any atom is -0.481 e. The van der Waals surface area contributed by atoms with Gasteiger partial charge in [0.2, 0.25) is 0 Å². The molecule has 0 atom stereocenters. The van der Waals surface area contributed by atoms with Crippen molar-refractivity contribution in [1.29, 1.82) is 0 Å². The fourth-order valence-electron chi connectivity index (χ4n) is 3.19. The van der Waals surface area contributed by atoms with Crippen molar-refractivity contribution < 1.29 is 19.5 Å². The zero-order valence-electron chi connectivity index (χ0n) is 14.7. The van der Waals surface area contributed by atoms with E-state index in [0.29, 0.717) is 42.5 Å². The molecule has 0 radical (unpaired) electrons. The largest absolute Gasteiger partial charge is 0.481 e. The average molecular weight is 367 g/mol. The van der Waals surface area contributed by atoms with E-state index in [4.69, 9.17) is 5.11 Å². The van der Waals surface area contributed by atoms with E-state index in [1.165, 1.54) is 6.20 Å². The number of rotatable bonds is 5. The predicted molar refractivity (Wildman–Crippen MR) is 99.5 cm³/mol. The number of carboxylic acids is 1. The second kappa shape index (κ2) is 8.44. The number of aromatic nitrogens is 1. The number of hydrogen-bond acceptors (Lipinski definition) is 4. The molecule has 27 heavy (non-hydrogen) atoms. The maximum atomic E-state index is 12.5. The molecule has 1 aliphatic carbocycles. The Morgan fingerprint density at radius 3 is 2.37 bits per heavy atom. The van der Waals surface area contributed by atoms with Gasteiger partial charge in [0.1, 0.15) is 0 Å². The number of carbonyl (C=O) groups excluding carboxylic acids is 2. The summed E-state index contributed by atoms with van der Waals surface area (Å²) < 4.78 is 0. The van der Waals surface area contributed by atoms with E-state index in [1.807, 2.05) is 0 Å². The number of anilines is 1. The van der Waals surface area contributed by atoms with E-state index >= 15 is 0 Å². The normalized spacial score (nSPS) is 19.1. The van der Waals surface area contributed by atoms with Crippen molar-refractivity contribution >= 4 is 23.5 Å². The summed E-state index contributed by atoms with van der Waals surface area (Å²) in [7, 11) is 0. The molecular formula is C20H21N3O4. The molecule has 0 saturated heterocycles. The topological polar surface area (TPSA) is 108 Å². The number of carboxylic acid groups (broad SMARTS) is 1. The summed E-state index contributed by atoms with van der Waals surface area (Å²) in [6.07, 6.45) is 5.51. The lowest BCUT2D eigenvalue weighted by atomic mass is 9.86. The SMILES string of the molecule is O=C(Nc1cccc(C(=O)NC2CCC(C(=O)O)CC2)c1)c1cccnc1. The Morgan fingerprint density at radius 1 is 0.963 bits per heavy atom. The van der Waals surface area contributed by atoms with Crippen LogP contribution in [-0.2, 0) is 4.79 Å². The van der Waals surface area contributed by atoms with Gasteiger partial charge in [-0.25, -0.2) is 0 Å². The molecule has 2 amide bonds. The molecule has 7 nitrogen and oxygen atoms in total. The molecule has 0 spiro atoms. The molecule has 7 heteroatoms. The molecule has 1 saturated carbocycles. The first-order valence-corrected chi connectivity index (χ1v) is 8.88. The molecule has 0 aliphatic heterocycles. The number of nitrogens with one attached hydrogen (secondary N) is 2. The molecule has 3 rings (SSSR count). The van der Waals surface area contributed by atoms with E-state index in [0.717, 1.165) is 0 Å². The van der Waals surface area contributed by atoms with E-state index < -0.39 is 5.97 Å². The molecule has 1 aromatic carbocycles. The Morgan fingerprint density at radius 2 is 1.70 bits per heavy atom. The Balaban J connectivity index is 1.59. The molecule has 2 aromatic rings. The Labute approximate surface area is 156 Å². The lowest BCUT2D eigenvalue weighted by molar-refractivity contribution is -0.142. The third-order valence-electron chi connectivity index (χ3n) is 4.72. The lowest BCUT2D eigenvalue weighted by Gasteiger charge is -2.26. The summed E-state index contributed by atoms with van der Waals surface area (Å²) in [5, 5.41) is 14.7. The monoisotopic (exact) mass is 367 g/mol. The Hall–Kier alpha value is -3.22. The van der Waals surface area contributed by atoms with Crippen LogP contribution in [0.3, 0.4) is 0 Å². The van der Waals surface area contributed by atoms with Gasteiger partial charge in [0.05, 0.1) is 11.5 Å². The van der Waals surface area contributed by atoms with Gasteiger partial charge in [0.15, 0.2) is 0 Å². The molecule has 1 heterocycles. The van der Waals surface area contributed by atoms with Crippen LogP contribution in [-0.4, -0.2) is 33.9 Å². The van der Waals surface area contributed by atoms with E-state index in [1.54, 1.807) is 42.6 Å². The second-order valence-electron chi connectivity index (χ2n) is 6.64.